The Hall–Kier alpha value is -1.81. The highest BCUT2D eigenvalue weighted by Gasteiger charge is 2.14. The summed E-state index contributed by atoms with van der Waals surface area (Å²) in [5.74, 6) is 0.359. The van der Waals surface area contributed by atoms with Gasteiger partial charge in [-0.25, -0.2) is 0 Å². The second-order valence-corrected chi connectivity index (χ2v) is 4.45. The molecule has 0 aromatic heterocycles. The number of aryl methyl sites for hydroxylation is 2. The van der Waals surface area contributed by atoms with Crippen molar-refractivity contribution in [3.8, 4) is 28.4 Å². The second-order valence-electron chi connectivity index (χ2n) is 4.27. The van der Waals surface area contributed by atoms with Gasteiger partial charge in [-0.1, -0.05) is 11.6 Å². The van der Waals surface area contributed by atoms with Gasteiger partial charge >= 0.3 is 0 Å². The van der Waals surface area contributed by atoms with Gasteiger partial charge in [0.25, 0.3) is 0 Å². The van der Waals surface area contributed by atoms with Crippen LogP contribution in [0.4, 0.5) is 0 Å². The lowest BCUT2D eigenvalue weighted by Gasteiger charge is -2.12. The average molecular weight is 262 g/mol. The van der Waals surface area contributed by atoms with E-state index in [0.29, 0.717) is 11.1 Å². The molecule has 0 unspecified atom stereocenters. The second kappa shape index (κ2) is 4.82. The summed E-state index contributed by atoms with van der Waals surface area (Å²) in [5, 5.41) is 20.0. The summed E-state index contributed by atoms with van der Waals surface area (Å²) in [4.78, 5) is 0. The molecule has 0 aliphatic carbocycles. The van der Waals surface area contributed by atoms with Crippen molar-refractivity contribution in [3.63, 3.8) is 0 Å². The minimum absolute atomic E-state index is 0.0310. The SMILES string of the molecule is Cc1ccc(O)c(-c2cc(C)cc(OS)c2O)c1. The molecule has 18 heavy (non-hydrogen) atoms. The Morgan fingerprint density at radius 2 is 1.61 bits per heavy atom. The van der Waals surface area contributed by atoms with E-state index in [2.05, 4.69) is 12.9 Å². The monoisotopic (exact) mass is 262 g/mol. The van der Waals surface area contributed by atoms with Crippen LogP contribution in [0, 0.1) is 13.8 Å². The van der Waals surface area contributed by atoms with Gasteiger partial charge in [0.2, 0.25) is 0 Å². The largest absolute Gasteiger partial charge is 0.507 e. The zero-order valence-corrected chi connectivity index (χ0v) is 11.0. The molecule has 2 N–H and O–H groups in total. The highest BCUT2D eigenvalue weighted by Crippen LogP contribution is 2.42. The molecule has 0 atom stereocenters. The molecule has 0 radical (unpaired) electrons. The van der Waals surface area contributed by atoms with Crippen LogP contribution in [0.5, 0.6) is 17.2 Å². The van der Waals surface area contributed by atoms with Crippen molar-refractivity contribution in [2.75, 3.05) is 0 Å². The van der Waals surface area contributed by atoms with E-state index in [1.54, 1.807) is 18.2 Å². The van der Waals surface area contributed by atoms with E-state index in [1.807, 2.05) is 26.0 Å². The normalized spacial score (nSPS) is 10.4. The Morgan fingerprint density at radius 1 is 0.944 bits per heavy atom. The van der Waals surface area contributed by atoms with Crippen LogP contribution < -0.4 is 4.18 Å². The van der Waals surface area contributed by atoms with Gasteiger partial charge in [0.1, 0.15) is 5.75 Å². The first-order chi connectivity index (χ1) is 8.52. The van der Waals surface area contributed by atoms with Crippen molar-refractivity contribution in [2.24, 2.45) is 0 Å². The molecule has 94 valence electrons. The van der Waals surface area contributed by atoms with Crippen LogP contribution in [-0.2, 0) is 0 Å². The smallest absolute Gasteiger partial charge is 0.179 e. The van der Waals surface area contributed by atoms with Gasteiger partial charge in [-0.3, -0.25) is 0 Å². The molecular weight excluding hydrogens is 248 g/mol. The summed E-state index contributed by atoms with van der Waals surface area (Å²) < 4.78 is 4.82. The fraction of sp³-hybridized carbons (Fsp3) is 0.143. The molecule has 0 aliphatic heterocycles. The first kappa shape index (κ1) is 12.6. The lowest BCUT2D eigenvalue weighted by atomic mass is 9.99. The molecule has 0 saturated carbocycles. The summed E-state index contributed by atoms with van der Waals surface area (Å²) in [6.45, 7) is 3.80. The van der Waals surface area contributed by atoms with Gasteiger partial charge < -0.3 is 14.4 Å². The molecular formula is C14H14O3S. The molecule has 4 heteroatoms. The Labute approximate surface area is 111 Å². The molecule has 2 aromatic rings. The number of hydrogen-bond donors (Lipinski definition) is 3. The van der Waals surface area contributed by atoms with Crippen molar-refractivity contribution in [3.05, 3.63) is 41.5 Å². The van der Waals surface area contributed by atoms with Gasteiger partial charge in [-0.2, -0.15) is 0 Å². The summed E-state index contributed by atoms with van der Waals surface area (Å²) in [5.41, 5.74) is 3.01. The third-order valence-electron chi connectivity index (χ3n) is 2.76. The first-order valence-corrected chi connectivity index (χ1v) is 5.84. The van der Waals surface area contributed by atoms with Crippen molar-refractivity contribution in [2.45, 2.75) is 13.8 Å². The van der Waals surface area contributed by atoms with Gasteiger partial charge in [0.15, 0.2) is 11.5 Å². The predicted molar refractivity (Wildman–Crippen MR) is 74.3 cm³/mol. The van der Waals surface area contributed by atoms with E-state index >= 15 is 0 Å². The highest BCUT2D eigenvalue weighted by atomic mass is 32.1. The Morgan fingerprint density at radius 3 is 2.28 bits per heavy atom. The number of phenols is 2. The van der Waals surface area contributed by atoms with E-state index in [4.69, 9.17) is 4.18 Å². The minimum atomic E-state index is -0.0310. The van der Waals surface area contributed by atoms with Gasteiger partial charge in [0, 0.05) is 24.0 Å². The molecule has 2 rings (SSSR count). The van der Waals surface area contributed by atoms with E-state index < -0.39 is 0 Å². The van der Waals surface area contributed by atoms with Crippen molar-refractivity contribution in [1.82, 2.24) is 0 Å². The average Bonchev–Trinajstić information content (AvgIpc) is 2.35. The van der Waals surface area contributed by atoms with Crippen LogP contribution in [0.3, 0.4) is 0 Å². The zero-order chi connectivity index (χ0) is 13.3. The van der Waals surface area contributed by atoms with Crippen molar-refractivity contribution < 1.29 is 14.4 Å². The van der Waals surface area contributed by atoms with Crippen LogP contribution in [0.15, 0.2) is 30.3 Å². The number of aromatic hydroxyl groups is 2. The van der Waals surface area contributed by atoms with Crippen LogP contribution in [0.1, 0.15) is 11.1 Å². The fourth-order valence-electron chi connectivity index (χ4n) is 1.89. The van der Waals surface area contributed by atoms with Crippen molar-refractivity contribution in [1.29, 1.82) is 0 Å². The van der Waals surface area contributed by atoms with E-state index in [-0.39, 0.29) is 17.2 Å². The maximum atomic E-state index is 10.1. The maximum Gasteiger partial charge on any atom is 0.179 e. The van der Waals surface area contributed by atoms with Crippen LogP contribution in [-0.4, -0.2) is 10.2 Å². The topological polar surface area (TPSA) is 49.7 Å². The third kappa shape index (κ3) is 2.24. The molecule has 0 saturated heterocycles. The fourth-order valence-corrected chi connectivity index (χ4v) is 2.03. The Bertz CT molecular complexity index is 594. The number of phenolic OH excluding ortho intramolecular Hbond substituents is 2. The molecule has 3 nitrogen and oxygen atoms in total. The highest BCUT2D eigenvalue weighted by molar-refractivity contribution is 7.75. The van der Waals surface area contributed by atoms with Gasteiger partial charge in [-0.15, -0.1) is 0 Å². The van der Waals surface area contributed by atoms with E-state index in [0.717, 1.165) is 11.1 Å². The molecule has 0 heterocycles. The number of benzene rings is 2. The number of hydrogen-bond acceptors (Lipinski definition) is 4. The first-order valence-electron chi connectivity index (χ1n) is 5.48. The van der Waals surface area contributed by atoms with Crippen molar-refractivity contribution >= 4 is 12.9 Å². The summed E-state index contributed by atoms with van der Waals surface area (Å²) in [6.07, 6.45) is 0. The lowest BCUT2D eigenvalue weighted by molar-refractivity contribution is 0.451. The standard InChI is InChI=1S/C14H14O3S/c1-8-3-4-12(15)10(5-8)11-6-9(2)7-13(17-18)14(11)16/h3-7,15-16,18H,1-2H3. The Balaban J connectivity index is 2.70. The predicted octanol–water partition coefficient (Wildman–Crippen LogP) is 3.61. The molecule has 0 bridgehead atoms. The van der Waals surface area contributed by atoms with Gasteiger partial charge in [-0.05, 0) is 43.7 Å². The lowest BCUT2D eigenvalue weighted by Crippen LogP contribution is -1.87. The summed E-state index contributed by atoms with van der Waals surface area (Å²) in [6, 6.07) is 8.69. The number of rotatable bonds is 2. The van der Waals surface area contributed by atoms with Gasteiger partial charge in [0.05, 0.1) is 0 Å². The summed E-state index contributed by atoms with van der Waals surface area (Å²) in [7, 11) is 0. The van der Waals surface area contributed by atoms with E-state index in [9.17, 15) is 10.2 Å². The minimum Gasteiger partial charge on any atom is -0.507 e. The summed E-state index contributed by atoms with van der Waals surface area (Å²) >= 11 is 3.71. The third-order valence-corrected chi connectivity index (χ3v) is 2.96. The quantitative estimate of drug-likeness (QED) is 0.572. The van der Waals surface area contributed by atoms with Crippen LogP contribution in [0.2, 0.25) is 0 Å². The van der Waals surface area contributed by atoms with Crippen LogP contribution >= 0.6 is 12.9 Å². The Kier molecular flexibility index (Phi) is 3.39. The molecule has 0 amide bonds. The molecule has 2 aromatic carbocycles. The van der Waals surface area contributed by atoms with Crippen LogP contribution in [0.25, 0.3) is 11.1 Å². The maximum absolute atomic E-state index is 10.1. The van der Waals surface area contributed by atoms with E-state index in [1.165, 1.54) is 0 Å². The molecule has 0 spiro atoms. The zero-order valence-electron chi connectivity index (χ0n) is 10.1. The molecule has 0 fully saturated rings. The molecule has 0 aliphatic rings. The number of thiol groups is 1.